The third-order valence-electron chi connectivity index (χ3n) is 5.34. The number of carbonyl (C=O) groups is 3. The molecule has 0 atom stereocenters. The van der Waals surface area contributed by atoms with Crippen molar-refractivity contribution >= 4 is 45.9 Å². The van der Waals surface area contributed by atoms with E-state index in [1.807, 2.05) is 28.8 Å². The number of amides is 2. The Hall–Kier alpha value is -3.64. The van der Waals surface area contributed by atoms with E-state index in [1.165, 1.54) is 11.8 Å². The van der Waals surface area contributed by atoms with Crippen LogP contribution in [-0.4, -0.2) is 51.5 Å². The van der Waals surface area contributed by atoms with Crippen molar-refractivity contribution < 1.29 is 23.9 Å². The number of nitrogens with one attached hydrogen (secondary N) is 1. The first kappa shape index (κ1) is 28.9. The molecule has 0 saturated heterocycles. The van der Waals surface area contributed by atoms with Gasteiger partial charge in [0.05, 0.1) is 29.4 Å². The van der Waals surface area contributed by atoms with Crippen molar-refractivity contribution in [1.29, 1.82) is 0 Å². The van der Waals surface area contributed by atoms with Gasteiger partial charge in [-0.25, -0.2) is 4.79 Å². The number of hydrogen-bond donors (Lipinski definition) is 2. The average molecular weight is 558 g/mol. The molecule has 0 aliphatic carbocycles. The lowest BCUT2D eigenvalue weighted by molar-refractivity contribution is -0.113. The van der Waals surface area contributed by atoms with Gasteiger partial charge in [0, 0.05) is 12.1 Å². The number of nitrogens with two attached hydrogens (primary N) is 1. The molecule has 3 rings (SSSR count). The van der Waals surface area contributed by atoms with Gasteiger partial charge in [-0.15, -0.1) is 28.1 Å². The summed E-state index contributed by atoms with van der Waals surface area (Å²) < 4.78 is 12.7. The molecule has 0 bridgehead atoms. The van der Waals surface area contributed by atoms with E-state index >= 15 is 0 Å². The van der Waals surface area contributed by atoms with E-state index in [1.54, 1.807) is 19.9 Å². The second kappa shape index (κ2) is 13.8. The molecule has 3 N–H and O–H groups in total. The van der Waals surface area contributed by atoms with Gasteiger partial charge in [-0.3, -0.25) is 14.2 Å². The molecule has 2 heterocycles. The molecule has 0 fully saturated rings. The zero-order valence-electron chi connectivity index (χ0n) is 21.6. The molecule has 0 aliphatic heterocycles. The van der Waals surface area contributed by atoms with Crippen molar-refractivity contribution in [2.45, 2.75) is 45.3 Å². The Morgan fingerprint density at radius 3 is 2.58 bits per heavy atom. The summed E-state index contributed by atoms with van der Waals surface area (Å²) in [6.45, 7) is 10.5. The molecule has 1 aromatic carbocycles. The van der Waals surface area contributed by atoms with Crippen molar-refractivity contribution in [2.24, 2.45) is 5.73 Å². The van der Waals surface area contributed by atoms with Crippen LogP contribution in [0.4, 0.5) is 5.00 Å². The largest absolute Gasteiger partial charge is 0.494 e. The molecule has 10 nitrogen and oxygen atoms in total. The van der Waals surface area contributed by atoms with Gasteiger partial charge < -0.3 is 20.5 Å². The normalized spacial score (nSPS) is 10.7. The molecular weight excluding hydrogens is 526 g/mol. The van der Waals surface area contributed by atoms with Crippen molar-refractivity contribution in [3.05, 3.63) is 52.9 Å². The van der Waals surface area contributed by atoms with Crippen LogP contribution in [0.15, 0.2) is 42.1 Å². The molecule has 0 saturated carbocycles. The van der Waals surface area contributed by atoms with Gasteiger partial charge in [0.15, 0.2) is 11.0 Å². The predicted octanol–water partition coefficient (Wildman–Crippen LogP) is 4.69. The number of esters is 1. The molecule has 12 heteroatoms. The minimum absolute atomic E-state index is 0.00933. The summed E-state index contributed by atoms with van der Waals surface area (Å²) in [5.41, 5.74) is 6.79. The lowest BCUT2D eigenvalue weighted by Gasteiger charge is -2.09. The molecule has 202 valence electrons. The SMILES string of the molecule is C=CCn1c(SCC(=O)Nc2sc(C(N)=O)c(C)c2C(=O)OCC)nnc1-c1ccc(OCCCC)cc1. The number of aromatic nitrogens is 3. The van der Waals surface area contributed by atoms with Crippen LogP contribution in [0.1, 0.15) is 52.3 Å². The summed E-state index contributed by atoms with van der Waals surface area (Å²) in [5, 5.41) is 12.1. The molecule has 0 aliphatic rings. The maximum absolute atomic E-state index is 12.8. The molecule has 38 heavy (non-hydrogen) atoms. The summed E-state index contributed by atoms with van der Waals surface area (Å²) in [7, 11) is 0. The number of nitrogens with zero attached hydrogens (tertiary/aromatic N) is 3. The Morgan fingerprint density at radius 2 is 1.95 bits per heavy atom. The third-order valence-corrected chi connectivity index (χ3v) is 7.53. The summed E-state index contributed by atoms with van der Waals surface area (Å²) in [4.78, 5) is 37.3. The van der Waals surface area contributed by atoms with Gasteiger partial charge in [0.1, 0.15) is 10.8 Å². The lowest BCUT2D eigenvalue weighted by atomic mass is 10.1. The Bertz CT molecular complexity index is 1300. The molecule has 2 aromatic heterocycles. The number of carbonyl (C=O) groups excluding carboxylic acids is 3. The maximum Gasteiger partial charge on any atom is 0.341 e. The highest BCUT2D eigenvalue weighted by Crippen LogP contribution is 2.34. The van der Waals surface area contributed by atoms with Crippen LogP contribution in [-0.2, 0) is 16.1 Å². The lowest BCUT2D eigenvalue weighted by Crippen LogP contribution is -2.17. The smallest absolute Gasteiger partial charge is 0.341 e. The summed E-state index contributed by atoms with van der Waals surface area (Å²) in [6.07, 6.45) is 3.78. The van der Waals surface area contributed by atoms with E-state index in [2.05, 4.69) is 29.0 Å². The Kier molecular flexibility index (Phi) is 10.5. The number of thiophene rings is 1. The van der Waals surface area contributed by atoms with E-state index < -0.39 is 11.9 Å². The van der Waals surface area contributed by atoms with Crippen LogP contribution >= 0.6 is 23.1 Å². The fourth-order valence-electron chi connectivity index (χ4n) is 3.52. The first-order valence-corrected chi connectivity index (χ1v) is 13.9. The van der Waals surface area contributed by atoms with Gasteiger partial charge in [0.2, 0.25) is 5.91 Å². The fourth-order valence-corrected chi connectivity index (χ4v) is 5.33. The summed E-state index contributed by atoms with van der Waals surface area (Å²) in [6, 6.07) is 7.61. The molecular formula is C26H31N5O5S2. The predicted molar refractivity (Wildman–Crippen MR) is 149 cm³/mol. The second-order valence-electron chi connectivity index (χ2n) is 8.11. The van der Waals surface area contributed by atoms with E-state index in [0.717, 1.165) is 35.5 Å². The number of primary amides is 1. The van der Waals surface area contributed by atoms with E-state index in [9.17, 15) is 14.4 Å². The fraction of sp³-hybridized carbons (Fsp3) is 0.346. The van der Waals surface area contributed by atoms with Crippen LogP contribution in [0.2, 0.25) is 0 Å². The van der Waals surface area contributed by atoms with Crippen molar-refractivity contribution in [2.75, 3.05) is 24.3 Å². The average Bonchev–Trinajstić information content (AvgIpc) is 3.44. The van der Waals surface area contributed by atoms with Gasteiger partial charge in [-0.05, 0) is 50.1 Å². The summed E-state index contributed by atoms with van der Waals surface area (Å²) in [5.74, 6) is -0.287. The Morgan fingerprint density at radius 1 is 1.21 bits per heavy atom. The van der Waals surface area contributed by atoms with Crippen LogP contribution in [0.5, 0.6) is 5.75 Å². The van der Waals surface area contributed by atoms with Crippen LogP contribution in [0.25, 0.3) is 11.4 Å². The number of unbranched alkanes of at least 4 members (excludes halogenated alkanes) is 1. The molecule has 0 radical (unpaired) electrons. The van der Waals surface area contributed by atoms with Gasteiger partial charge >= 0.3 is 5.97 Å². The first-order valence-electron chi connectivity index (χ1n) is 12.1. The number of anilines is 1. The highest BCUT2D eigenvalue weighted by Gasteiger charge is 2.26. The Balaban J connectivity index is 1.74. The topological polar surface area (TPSA) is 138 Å². The second-order valence-corrected chi connectivity index (χ2v) is 10.1. The number of benzene rings is 1. The Labute approximate surface area is 229 Å². The van der Waals surface area contributed by atoms with E-state index in [0.29, 0.717) is 29.7 Å². The van der Waals surface area contributed by atoms with E-state index in [-0.39, 0.29) is 33.7 Å². The van der Waals surface area contributed by atoms with Crippen LogP contribution < -0.4 is 15.8 Å². The number of thioether (sulfide) groups is 1. The van der Waals surface area contributed by atoms with Crippen molar-refractivity contribution in [3.63, 3.8) is 0 Å². The quantitative estimate of drug-likeness (QED) is 0.126. The van der Waals surface area contributed by atoms with Gasteiger partial charge in [0.25, 0.3) is 5.91 Å². The number of ether oxygens (including phenoxy) is 2. The van der Waals surface area contributed by atoms with Gasteiger partial charge in [-0.2, -0.15) is 0 Å². The number of rotatable bonds is 14. The maximum atomic E-state index is 12.8. The van der Waals surface area contributed by atoms with Crippen molar-refractivity contribution in [3.8, 4) is 17.1 Å². The van der Waals surface area contributed by atoms with Crippen LogP contribution in [0, 0.1) is 6.92 Å². The zero-order chi connectivity index (χ0) is 27.7. The molecule has 2 amide bonds. The highest BCUT2D eigenvalue weighted by molar-refractivity contribution is 7.99. The highest BCUT2D eigenvalue weighted by atomic mass is 32.2. The monoisotopic (exact) mass is 557 g/mol. The standard InChI is InChI=1S/C26H31N5O5S2/c1-5-8-14-36-18-11-9-17(10-12-18)23-29-30-26(31(23)13-6-2)37-15-19(32)28-24-20(25(34)35-7-3)16(4)21(38-24)22(27)33/h6,9-12H,2,5,7-8,13-15H2,1,3-4H3,(H2,27,33)(H,28,32). The molecule has 0 unspecified atom stereocenters. The minimum atomic E-state index is -0.682. The van der Waals surface area contributed by atoms with Crippen molar-refractivity contribution in [1.82, 2.24) is 14.8 Å². The summed E-state index contributed by atoms with van der Waals surface area (Å²) >= 11 is 2.14. The van der Waals surface area contributed by atoms with Gasteiger partial charge in [-0.1, -0.05) is 31.2 Å². The minimum Gasteiger partial charge on any atom is -0.494 e. The first-order chi connectivity index (χ1) is 18.3. The molecule has 0 spiro atoms. The zero-order valence-corrected chi connectivity index (χ0v) is 23.2. The number of hydrogen-bond acceptors (Lipinski definition) is 9. The number of allylic oxidation sites excluding steroid dienone is 1. The molecule has 3 aromatic rings. The van der Waals surface area contributed by atoms with Crippen LogP contribution in [0.3, 0.4) is 0 Å². The third kappa shape index (κ3) is 7.01. The van der Waals surface area contributed by atoms with E-state index in [4.69, 9.17) is 15.2 Å².